The average Bonchev–Trinajstić information content (AvgIpc) is 2.83. The fourth-order valence-electron chi connectivity index (χ4n) is 2.21. The van der Waals surface area contributed by atoms with Crippen molar-refractivity contribution >= 4 is 5.91 Å². The molecule has 98 valence electrons. The van der Waals surface area contributed by atoms with E-state index in [1.165, 1.54) is 0 Å². The summed E-state index contributed by atoms with van der Waals surface area (Å²) in [5, 5.41) is 12.3. The zero-order valence-electron chi connectivity index (χ0n) is 10.5. The van der Waals surface area contributed by atoms with Gasteiger partial charge in [-0.25, -0.2) is 0 Å². The number of carbonyl (C=O) groups is 1. The monoisotopic (exact) mass is 249 g/mol. The molecule has 3 atom stereocenters. The Morgan fingerprint density at radius 3 is 2.78 bits per heavy atom. The molecule has 1 aliphatic heterocycles. The summed E-state index contributed by atoms with van der Waals surface area (Å²) in [4.78, 5) is 12.0. The summed E-state index contributed by atoms with van der Waals surface area (Å²) < 4.78 is 5.38. The molecule has 0 radical (unpaired) electrons. The van der Waals surface area contributed by atoms with Crippen LogP contribution in [0.3, 0.4) is 0 Å². The van der Waals surface area contributed by atoms with Gasteiger partial charge >= 0.3 is 0 Å². The number of nitrogens with one attached hydrogen (secondary N) is 1. The molecule has 1 aromatic carbocycles. The molecule has 0 aliphatic carbocycles. The Morgan fingerprint density at radius 1 is 1.50 bits per heavy atom. The Labute approximate surface area is 107 Å². The van der Waals surface area contributed by atoms with Crippen LogP contribution >= 0.6 is 0 Å². The van der Waals surface area contributed by atoms with E-state index in [0.29, 0.717) is 6.61 Å². The molecule has 1 fully saturated rings. The average molecular weight is 249 g/mol. The highest BCUT2D eigenvalue weighted by Gasteiger charge is 2.29. The highest BCUT2D eigenvalue weighted by Crippen LogP contribution is 2.20. The predicted molar refractivity (Wildman–Crippen MR) is 67.9 cm³/mol. The van der Waals surface area contributed by atoms with Crippen molar-refractivity contribution in [3.05, 3.63) is 35.9 Å². The SMILES string of the molecule is CC1CC(C(=O)NC(CO)c2ccccc2)CO1. The fraction of sp³-hybridized carbons (Fsp3) is 0.500. The maximum Gasteiger partial charge on any atom is 0.226 e. The number of hydrogen-bond acceptors (Lipinski definition) is 3. The predicted octanol–water partition coefficient (Wildman–Crippen LogP) is 1.26. The lowest BCUT2D eigenvalue weighted by Crippen LogP contribution is -2.35. The van der Waals surface area contributed by atoms with Crippen molar-refractivity contribution in [3.8, 4) is 0 Å². The first-order valence-corrected chi connectivity index (χ1v) is 6.28. The number of benzene rings is 1. The van der Waals surface area contributed by atoms with E-state index in [9.17, 15) is 9.90 Å². The number of hydrogen-bond donors (Lipinski definition) is 2. The van der Waals surface area contributed by atoms with E-state index in [4.69, 9.17) is 4.74 Å². The van der Waals surface area contributed by atoms with Crippen molar-refractivity contribution in [3.63, 3.8) is 0 Å². The molecule has 4 nitrogen and oxygen atoms in total. The zero-order valence-corrected chi connectivity index (χ0v) is 10.5. The molecule has 2 N–H and O–H groups in total. The summed E-state index contributed by atoms with van der Waals surface area (Å²) in [5.74, 6) is -0.139. The second-order valence-electron chi connectivity index (χ2n) is 4.73. The van der Waals surface area contributed by atoms with Gasteiger partial charge in [0, 0.05) is 0 Å². The lowest BCUT2D eigenvalue weighted by Gasteiger charge is -2.18. The Kier molecular flexibility index (Phi) is 4.33. The normalized spacial score (nSPS) is 24.8. The standard InChI is InChI=1S/C14H19NO3/c1-10-7-12(9-18-10)14(17)15-13(8-16)11-5-3-2-4-6-11/h2-6,10,12-13,16H,7-9H2,1H3,(H,15,17). The third kappa shape index (κ3) is 3.09. The second kappa shape index (κ2) is 5.98. The summed E-state index contributed by atoms with van der Waals surface area (Å²) in [7, 11) is 0. The molecule has 0 spiro atoms. The van der Waals surface area contributed by atoms with Gasteiger partial charge in [0.15, 0.2) is 0 Å². The van der Waals surface area contributed by atoms with Crippen LogP contribution < -0.4 is 5.32 Å². The summed E-state index contributed by atoms with van der Waals surface area (Å²) in [6.45, 7) is 2.34. The molecule has 0 bridgehead atoms. The summed E-state index contributed by atoms with van der Waals surface area (Å²) in [6, 6.07) is 9.15. The minimum absolute atomic E-state index is 0.0396. The van der Waals surface area contributed by atoms with E-state index >= 15 is 0 Å². The number of aliphatic hydroxyl groups excluding tert-OH is 1. The molecule has 4 heteroatoms. The Hall–Kier alpha value is -1.39. The third-order valence-corrected chi connectivity index (χ3v) is 3.27. The first-order chi connectivity index (χ1) is 8.70. The maximum absolute atomic E-state index is 12.0. The lowest BCUT2D eigenvalue weighted by molar-refractivity contribution is -0.126. The van der Waals surface area contributed by atoms with Crippen molar-refractivity contribution < 1.29 is 14.6 Å². The Morgan fingerprint density at radius 2 is 2.22 bits per heavy atom. The zero-order chi connectivity index (χ0) is 13.0. The third-order valence-electron chi connectivity index (χ3n) is 3.27. The van der Waals surface area contributed by atoms with Crippen molar-refractivity contribution in [2.24, 2.45) is 5.92 Å². The van der Waals surface area contributed by atoms with Crippen LogP contribution in [0.15, 0.2) is 30.3 Å². The van der Waals surface area contributed by atoms with Crippen LogP contribution in [0.1, 0.15) is 24.9 Å². The van der Waals surface area contributed by atoms with Crippen molar-refractivity contribution in [2.45, 2.75) is 25.5 Å². The number of rotatable bonds is 4. The summed E-state index contributed by atoms with van der Waals surface area (Å²) in [6.07, 6.45) is 0.892. The minimum Gasteiger partial charge on any atom is -0.394 e. The van der Waals surface area contributed by atoms with Gasteiger partial charge in [0.1, 0.15) is 0 Å². The first kappa shape index (κ1) is 13.1. The largest absolute Gasteiger partial charge is 0.394 e. The van der Waals surface area contributed by atoms with Crippen LogP contribution in [-0.4, -0.2) is 30.3 Å². The van der Waals surface area contributed by atoms with Gasteiger partial charge in [-0.2, -0.15) is 0 Å². The molecule has 0 saturated carbocycles. The van der Waals surface area contributed by atoms with E-state index < -0.39 is 0 Å². The van der Waals surface area contributed by atoms with E-state index in [1.807, 2.05) is 37.3 Å². The van der Waals surface area contributed by atoms with Gasteiger partial charge in [0.2, 0.25) is 5.91 Å². The maximum atomic E-state index is 12.0. The van der Waals surface area contributed by atoms with Gasteiger partial charge in [0.05, 0.1) is 31.3 Å². The van der Waals surface area contributed by atoms with Gasteiger partial charge < -0.3 is 15.2 Å². The van der Waals surface area contributed by atoms with E-state index in [0.717, 1.165) is 12.0 Å². The van der Waals surface area contributed by atoms with Crippen LogP contribution in [0.5, 0.6) is 0 Å². The van der Waals surface area contributed by atoms with E-state index in [-0.39, 0.29) is 30.6 Å². The van der Waals surface area contributed by atoms with Gasteiger partial charge in [0.25, 0.3) is 0 Å². The van der Waals surface area contributed by atoms with Crippen LogP contribution in [0.2, 0.25) is 0 Å². The Bertz CT molecular complexity index is 393. The second-order valence-corrected chi connectivity index (χ2v) is 4.73. The highest BCUT2D eigenvalue weighted by atomic mass is 16.5. The molecular weight excluding hydrogens is 230 g/mol. The van der Waals surface area contributed by atoms with Gasteiger partial charge in [-0.05, 0) is 18.9 Å². The van der Waals surface area contributed by atoms with E-state index in [2.05, 4.69) is 5.32 Å². The molecule has 1 heterocycles. The lowest BCUT2D eigenvalue weighted by atomic mass is 10.0. The van der Waals surface area contributed by atoms with Crippen molar-refractivity contribution in [1.29, 1.82) is 0 Å². The fourth-order valence-corrected chi connectivity index (χ4v) is 2.21. The first-order valence-electron chi connectivity index (χ1n) is 6.28. The van der Waals surface area contributed by atoms with Gasteiger partial charge in [-0.1, -0.05) is 30.3 Å². The summed E-state index contributed by atoms with van der Waals surface area (Å²) in [5.41, 5.74) is 0.917. The van der Waals surface area contributed by atoms with Gasteiger partial charge in [-0.15, -0.1) is 0 Å². The molecule has 1 aliphatic rings. The molecule has 0 aromatic heterocycles. The van der Waals surface area contributed by atoms with Crippen molar-refractivity contribution in [1.82, 2.24) is 5.32 Å². The molecule has 18 heavy (non-hydrogen) atoms. The molecule has 1 amide bonds. The molecule has 2 rings (SSSR count). The number of ether oxygens (including phenoxy) is 1. The topological polar surface area (TPSA) is 58.6 Å². The molecular formula is C14H19NO3. The summed E-state index contributed by atoms with van der Waals surface area (Å²) >= 11 is 0. The molecule has 3 unspecified atom stereocenters. The molecule has 1 saturated heterocycles. The van der Waals surface area contributed by atoms with Crippen LogP contribution in [-0.2, 0) is 9.53 Å². The van der Waals surface area contributed by atoms with Gasteiger partial charge in [-0.3, -0.25) is 4.79 Å². The number of amides is 1. The van der Waals surface area contributed by atoms with E-state index in [1.54, 1.807) is 0 Å². The Balaban J connectivity index is 1.96. The minimum atomic E-state index is -0.338. The quantitative estimate of drug-likeness (QED) is 0.844. The highest BCUT2D eigenvalue weighted by molar-refractivity contribution is 5.79. The van der Waals surface area contributed by atoms with Crippen LogP contribution in [0.25, 0.3) is 0 Å². The van der Waals surface area contributed by atoms with Crippen LogP contribution in [0, 0.1) is 5.92 Å². The number of carbonyl (C=O) groups excluding carboxylic acids is 1. The van der Waals surface area contributed by atoms with Crippen molar-refractivity contribution in [2.75, 3.05) is 13.2 Å². The smallest absolute Gasteiger partial charge is 0.226 e. The van der Waals surface area contributed by atoms with Crippen LogP contribution in [0.4, 0.5) is 0 Å². The molecule has 1 aromatic rings. The number of aliphatic hydroxyl groups is 1.